The van der Waals surface area contributed by atoms with E-state index in [-0.39, 0.29) is 5.91 Å². The highest BCUT2D eigenvalue weighted by Gasteiger charge is 2.22. The van der Waals surface area contributed by atoms with Crippen molar-refractivity contribution in [2.45, 2.75) is 34.2 Å². The maximum atomic E-state index is 12.4. The SMILES string of the molecule is CCOC(=O)c1c(C)[nH]c(C(=O)NCc2ccccc2C)c1C. The summed E-state index contributed by atoms with van der Waals surface area (Å²) in [6, 6.07) is 7.89. The number of esters is 1. The Hall–Kier alpha value is -2.56. The second-order valence-electron chi connectivity index (χ2n) is 5.45. The van der Waals surface area contributed by atoms with Crippen LogP contribution in [0.15, 0.2) is 24.3 Å². The topological polar surface area (TPSA) is 71.2 Å². The molecule has 1 amide bonds. The van der Waals surface area contributed by atoms with E-state index in [0.717, 1.165) is 11.1 Å². The van der Waals surface area contributed by atoms with Gasteiger partial charge in [0.05, 0.1) is 12.2 Å². The van der Waals surface area contributed by atoms with Gasteiger partial charge >= 0.3 is 5.97 Å². The summed E-state index contributed by atoms with van der Waals surface area (Å²) >= 11 is 0. The molecule has 1 aromatic carbocycles. The molecule has 0 unspecified atom stereocenters. The van der Waals surface area contributed by atoms with Crippen molar-refractivity contribution in [2.75, 3.05) is 6.61 Å². The van der Waals surface area contributed by atoms with Gasteiger partial charge in [-0.15, -0.1) is 0 Å². The monoisotopic (exact) mass is 314 g/mol. The number of ether oxygens (including phenoxy) is 1. The second-order valence-corrected chi connectivity index (χ2v) is 5.45. The van der Waals surface area contributed by atoms with Crippen LogP contribution in [0.4, 0.5) is 0 Å². The molecular formula is C18H22N2O3. The molecule has 2 aromatic rings. The Labute approximate surface area is 136 Å². The lowest BCUT2D eigenvalue weighted by Gasteiger charge is -2.08. The van der Waals surface area contributed by atoms with E-state index in [2.05, 4.69) is 10.3 Å². The molecule has 1 heterocycles. The molecule has 2 rings (SSSR count). The van der Waals surface area contributed by atoms with Crippen molar-refractivity contribution in [1.29, 1.82) is 0 Å². The molecule has 0 saturated heterocycles. The predicted molar refractivity (Wildman–Crippen MR) is 88.6 cm³/mol. The number of aryl methyl sites for hydroxylation is 2. The number of amides is 1. The quantitative estimate of drug-likeness (QED) is 0.833. The molecule has 0 spiro atoms. The Balaban J connectivity index is 2.16. The summed E-state index contributed by atoms with van der Waals surface area (Å²) in [5.41, 5.74) is 4.28. The molecule has 0 aliphatic heterocycles. The smallest absolute Gasteiger partial charge is 0.340 e. The van der Waals surface area contributed by atoms with Gasteiger partial charge < -0.3 is 15.0 Å². The third-order valence-electron chi connectivity index (χ3n) is 3.84. The molecule has 1 aromatic heterocycles. The van der Waals surface area contributed by atoms with Crippen LogP contribution in [0, 0.1) is 20.8 Å². The van der Waals surface area contributed by atoms with E-state index in [1.54, 1.807) is 20.8 Å². The maximum Gasteiger partial charge on any atom is 0.340 e. The Morgan fingerprint density at radius 1 is 1.17 bits per heavy atom. The summed E-state index contributed by atoms with van der Waals surface area (Å²) in [7, 11) is 0. The highest BCUT2D eigenvalue weighted by molar-refractivity contribution is 6.00. The molecule has 5 nitrogen and oxygen atoms in total. The number of hydrogen-bond acceptors (Lipinski definition) is 3. The molecule has 0 bridgehead atoms. The van der Waals surface area contributed by atoms with E-state index in [4.69, 9.17) is 4.74 Å². The van der Waals surface area contributed by atoms with Gasteiger partial charge in [0.2, 0.25) is 0 Å². The van der Waals surface area contributed by atoms with Crippen LogP contribution in [0.1, 0.15) is 50.2 Å². The Bertz CT molecular complexity index is 732. The number of aromatic nitrogens is 1. The first-order chi connectivity index (χ1) is 11.0. The van der Waals surface area contributed by atoms with Crippen molar-refractivity contribution in [3.63, 3.8) is 0 Å². The minimum Gasteiger partial charge on any atom is -0.462 e. The first kappa shape index (κ1) is 16.8. The zero-order chi connectivity index (χ0) is 17.0. The third-order valence-corrected chi connectivity index (χ3v) is 3.84. The van der Waals surface area contributed by atoms with Gasteiger partial charge in [0.1, 0.15) is 5.69 Å². The van der Waals surface area contributed by atoms with Crippen LogP contribution in [0.2, 0.25) is 0 Å². The summed E-state index contributed by atoms with van der Waals surface area (Å²) in [4.78, 5) is 27.4. The number of hydrogen-bond donors (Lipinski definition) is 2. The van der Waals surface area contributed by atoms with E-state index in [1.807, 2.05) is 31.2 Å². The molecule has 0 radical (unpaired) electrons. The number of rotatable bonds is 5. The van der Waals surface area contributed by atoms with Gasteiger partial charge in [0, 0.05) is 12.2 Å². The molecule has 0 atom stereocenters. The van der Waals surface area contributed by atoms with Gasteiger partial charge in [-0.25, -0.2) is 4.79 Å². The molecule has 23 heavy (non-hydrogen) atoms. The summed E-state index contributed by atoms with van der Waals surface area (Å²) in [6.07, 6.45) is 0. The fourth-order valence-corrected chi connectivity index (χ4v) is 2.56. The fourth-order valence-electron chi connectivity index (χ4n) is 2.56. The second kappa shape index (κ2) is 7.13. The highest BCUT2D eigenvalue weighted by Crippen LogP contribution is 2.19. The fraction of sp³-hybridized carbons (Fsp3) is 0.333. The largest absolute Gasteiger partial charge is 0.462 e. The molecule has 0 aliphatic carbocycles. The number of benzene rings is 1. The van der Waals surface area contributed by atoms with Crippen LogP contribution >= 0.6 is 0 Å². The van der Waals surface area contributed by atoms with Crippen LogP contribution in [0.5, 0.6) is 0 Å². The molecule has 0 saturated carbocycles. The van der Waals surface area contributed by atoms with Gasteiger partial charge in [-0.2, -0.15) is 0 Å². The van der Waals surface area contributed by atoms with Crippen molar-refractivity contribution < 1.29 is 14.3 Å². The van der Waals surface area contributed by atoms with Crippen LogP contribution in [0.25, 0.3) is 0 Å². The van der Waals surface area contributed by atoms with Crippen molar-refractivity contribution in [2.24, 2.45) is 0 Å². The van der Waals surface area contributed by atoms with Crippen LogP contribution in [0.3, 0.4) is 0 Å². The summed E-state index contributed by atoms with van der Waals surface area (Å²) in [6.45, 7) is 8.01. The number of nitrogens with one attached hydrogen (secondary N) is 2. The van der Waals surface area contributed by atoms with Gasteiger partial charge in [0.25, 0.3) is 5.91 Å². The summed E-state index contributed by atoms with van der Waals surface area (Å²) in [5, 5.41) is 2.89. The zero-order valence-electron chi connectivity index (χ0n) is 13.9. The Morgan fingerprint density at radius 2 is 1.87 bits per heavy atom. The van der Waals surface area contributed by atoms with E-state index in [0.29, 0.717) is 35.7 Å². The lowest BCUT2D eigenvalue weighted by Crippen LogP contribution is -2.24. The van der Waals surface area contributed by atoms with E-state index >= 15 is 0 Å². The average molecular weight is 314 g/mol. The number of carbonyl (C=O) groups is 2. The number of aromatic amines is 1. The van der Waals surface area contributed by atoms with Gasteiger partial charge in [-0.1, -0.05) is 24.3 Å². The zero-order valence-corrected chi connectivity index (χ0v) is 13.9. The first-order valence-corrected chi connectivity index (χ1v) is 7.64. The van der Waals surface area contributed by atoms with E-state index < -0.39 is 5.97 Å². The number of H-pyrrole nitrogens is 1. The number of carbonyl (C=O) groups excluding carboxylic acids is 2. The van der Waals surface area contributed by atoms with Crippen LogP contribution < -0.4 is 5.32 Å². The maximum absolute atomic E-state index is 12.4. The van der Waals surface area contributed by atoms with Gasteiger partial charge in [-0.3, -0.25) is 4.79 Å². The lowest BCUT2D eigenvalue weighted by atomic mass is 10.1. The third kappa shape index (κ3) is 3.62. The van der Waals surface area contributed by atoms with Crippen molar-refractivity contribution in [3.8, 4) is 0 Å². The average Bonchev–Trinajstić information content (AvgIpc) is 2.81. The van der Waals surface area contributed by atoms with Crippen LogP contribution in [-0.4, -0.2) is 23.5 Å². The van der Waals surface area contributed by atoms with Crippen LogP contribution in [-0.2, 0) is 11.3 Å². The van der Waals surface area contributed by atoms with Gasteiger partial charge in [0.15, 0.2) is 0 Å². The standard InChI is InChI=1S/C18H22N2O3/c1-5-23-18(22)15-12(3)16(20-13(15)4)17(21)19-10-14-9-7-6-8-11(14)2/h6-9,20H,5,10H2,1-4H3,(H,19,21). The first-order valence-electron chi connectivity index (χ1n) is 7.64. The molecular weight excluding hydrogens is 292 g/mol. The Morgan fingerprint density at radius 3 is 2.52 bits per heavy atom. The van der Waals surface area contributed by atoms with Crippen molar-refractivity contribution >= 4 is 11.9 Å². The molecule has 2 N–H and O–H groups in total. The predicted octanol–water partition coefficient (Wildman–Crippen LogP) is 3.05. The van der Waals surface area contributed by atoms with Crippen molar-refractivity contribution in [3.05, 3.63) is 57.9 Å². The molecule has 0 aliphatic rings. The van der Waals surface area contributed by atoms with Gasteiger partial charge in [-0.05, 0) is 44.4 Å². The highest BCUT2D eigenvalue weighted by atomic mass is 16.5. The van der Waals surface area contributed by atoms with Crippen molar-refractivity contribution in [1.82, 2.24) is 10.3 Å². The summed E-state index contributed by atoms with van der Waals surface area (Å²) in [5.74, 6) is -0.638. The molecule has 5 heteroatoms. The molecule has 0 fully saturated rings. The van der Waals surface area contributed by atoms with E-state index in [9.17, 15) is 9.59 Å². The minimum absolute atomic E-state index is 0.232. The molecule has 122 valence electrons. The summed E-state index contributed by atoms with van der Waals surface area (Å²) < 4.78 is 5.04. The lowest BCUT2D eigenvalue weighted by molar-refractivity contribution is 0.0525. The normalized spacial score (nSPS) is 10.4. The van der Waals surface area contributed by atoms with E-state index in [1.165, 1.54) is 0 Å². The Kier molecular flexibility index (Phi) is 5.21. The minimum atomic E-state index is -0.406.